The number of hydrogen-bond acceptors (Lipinski definition) is 5. The van der Waals surface area contributed by atoms with Crippen molar-refractivity contribution >= 4 is 31.4 Å². The van der Waals surface area contributed by atoms with Gasteiger partial charge < -0.3 is 9.84 Å². The summed E-state index contributed by atoms with van der Waals surface area (Å²) in [6, 6.07) is 7.00. The van der Waals surface area contributed by atoms with Crippen molar-refractivity contribution in [2.24, 2.45) is 0 Å². The van der Waals surface area contributed by atoms with E-state index in [1.807, 2.05) is 12.1 Å². The van der Waals surface area contributed by atoms with Crippen LogP contribution in [0.15, 0.2) is 29.2 Å². The van der Waals surface area contributed by atoms with Gasteiger partial charge in [0.15, 0.2) is 0 Å². The first-order valence-corrected chi connectivity index (χ1v) is 8.77. The predicted octanol–water partition coefficient (Wildman–Crippen LogP) is 2.05. The smallest absolute Gasteiger partial charge is 0.244 e. The van der Waals surface area contributed by atoms with Gasteiger partial charge in [0.05, 0.1) is 18.1 Å². The summed E-state index contributed by atoms with van der Waals surface area (Å²) in [6.07, 6.45) is 0. The molecule has 0 aliphatic rings. The minimum absolute atomic E-state index is 0.205. The molecule has 1 unspecified atom stereocenters. The van der Waals surface area contributed by atoms with Crippen LogP contribution in [0, 0.1) is 0 Å². The van der Waals surface area contributed by atoms with Crippen molar-refractivity contribution in [3.63, 3.8) is 0 Å². The Balaban J connectivity index is 2.59. The largest absolute Gasteiger partial charge is 0.391 e. The number of methoxy groups -OCH3 is 1. The van der Waals surface area contributed by atoms with Gasteiger partial charge in [-0.15, -0.1) is 11.3 Å². The highest BCUT2D eigenvalue weighted by Crippen LogP contribution is 2.36. The first-order chi connectivity index (χ1) is 9.93. The fraction of sp³-hybridized carbons (Fsp3) is 0.429. The molecule has 116 valence electrons. The lowest BCUT2D eigenvalue weighted by molar-refractivity contribution is 0.149. The number of thiophene rings is 1. The van der Waals surface area contributed by atoms with E-state index < -0.39 is 10.0 Å². The monoisotopic (exact) mass is 329 g/mol. The maximum Gasteiger partial charge on any atom is 0.244 e. The number of likely N-dealkylation sites (N-methyl/N-ethyl adjacent to an activating group) is 1. The summed E-state index contributed by atoms with van der Waals surface area (Å²) < 4.78 is 32.9. The number of benzene rings is 1. The first kappa shape index (κ1) is 16.4. The van der Waals surface area contributed by atoms with Gasteiger partial charge in [-0.05, 0) is 13.0 Å². The van der Waals surface area contributed by atoms with Crippen LogP contribution in [0.2, 0.25) is 0 Å². The van der Waals surface area contributed by atoms with Crippen molar-refractivity contribution in [2.75, 3.05) is 20.8 Å². The van der Waals surface area contributed by atoms with Crippen molar-refractivity contribution in [1.29, 1.82) is 0 Å². The van der Waals surface area contributed by atoms with Crippen LogP contribution in [0.1, 0.15) is 11.8 Å². The third kappa shape index (κ3) is 2.97. The summed E-state index contributed by atoms with van der Waals surface area (Å²) in [5.41, 5.74) is 0. The molecule has 0 spiro atoms. The molecule has 0 bridgehead atoms. The number of fused-ring (bicyclic) bond motifs is 1. The lowest BCUT2D eigenvalue weighted by Gasteiger charge is -2.24. The third-order valence-electron chi connectivity index (χ3n) is 3.43. The second-order valence-corrected chi connectivity index (χ2v) is 7.91. The van der Waals surface area contributed by atoms with E-state index in [9.17, 15) is 13.5 Å². The highest BCUT2D eigenvalue weighted by molar-refractivity contribution is 7.89. The van der Waals surface area contributed by atoms with E-state index in [1.165, 1.54) is 29.8 Å². The summed E-state index contributed by atoms with van der Waals surface area (Å²) in [5, 5.41) is 10.2. The molecule has 5 nitrogen and oxygen atoms in total. The zero-order valence-electron chi connectivity index (χ0n) is 12.2. The van der Waals surface area contributed by atoms with E-state index in [0.29, 0.717) is 16.9 Å². The Morgan fingerprint density at radius 1 is 1.38 bits per heavy atom. The lowest BCUT2D eigenvalue weighted by Crippen LogP contribution is -2.38. The molecule has 1 aromatic carbocycles. The Morgan fingerprint density at radius 3 is 2.67 bits per heavy atom. The molecule has 0 saturated carbocycles. The van der Waals surface area contributed by atoms with E-state index in [-0.39, 0.29) is 17.5 Å². The van der Waals surface area contributed by atoms with Crippen LogP contribution in [-0.2, 0) is 21.4 Å². The van der Waals surface area contributed by atoms with Crippen molar-refractivity contribution in [2.45, 2.75) is 24.5 Å². The van der Waals surface area contributed by atoms with Gasteiger partial charge in [-0.3, -0.25) is 0 Å². The van der Waals surface area contributed by atoms with Crippen LogP contribution in [0.25, 0.3) is 10.1 Å². The summed E-state index contributed by atoms with van der Waals surface area (Å²) in [7, 11) is -0.611. The van der Waals surface area contributed by atoms with E-state index >= 15 is 0 Å². The maximum atomic E-state index is 12.9. The molecule has 0 fully saturated rings. The summed E-state index contributed by atoms with van der Waals surface area (Å²) in [6.45, 7) is 1.81. The molecule has 0 amide bonds. The van der Waals surface area contributed by atoms with Crippen molar-refractivity contribution < 1.29 is 18.3 Å². The predicted molar refractivity (Wildman–Crippen MR) is 84.0 cm³/mol. The molecule has 7 heteroatoms. The van der Waals surface area contributed by atoms with E-state index in [1.54, 1.807) is 19.1 Å². The molecule has 1 atom stereocenters. The van der Waals surface area contributed by atoms with Gasteiger partial charge in [0, 0.05) is 30.3 Å². The topological polar surface area (TPSA) is 66.8 Å². The molecule has 21 heavy (non-hydrogen) atoms. The summed E-state index contributed by atoms with van der Waals surface area (Å²) in [5.74, 6) is 0. The molecule has 0 aliphatic heterocycles. The number of aliphatic hydroxyl groups is 1. The van der Waals surface area contributed by atoms with Gasteiger partial charge in [-0.2, -0.15) is 4.31 Å². The van der Waals surface area contributed by atoms with E-state index in [4.69, 9.17) is 4.74 Å². The van der Waals surface area contributed by atoms with Crippen LogP contribution < -0.4 is 0 Å². The molecule has 0 radical (unpaired) electrons. The lowest BCUT2D eigenvalue weighted by atomic mass is 10.2. The van der Waals surface area contributed by atoms with Crippen LogP contribution in [0.4, 0.5) is 0 Å². The molecule has 2 aromatic rings. The van der Waals surface area contributed by atoms with Crippen molar-refractivity contribution in [3.8, 4) is 0 Å². The first-order valence-electron chi connectivity index (χ1n) is 6.51. The molecule has 1 aromatic heterocycles. The number of sulfonamides is 1. The van der Waals surface area contributed by atoms with Gasteiger partial charge in [0.2, 0.25) is 10.0 Å². The minimum Gasteiger partial charge on any atom is -0.391 e. The average molecular weight is 329 g/mol. The number of hydrogen-bond donors (Lipinski definition) is 1. The molecular weight excluding hydrogens is 310 g/mol. The highest BCUT2D eigenvalue weighted by Gasteiger charge is 2.30. The minimum atomic E-state index is -3.68. The Kier molecular flexibility index (Phi) is 5.00. The molecular formula is C14H19NO4S2. The number of aliphatic hydroxyl groups excluding tert-OH is 1. The summed E-state index contributed by atoms with van der Waals surface area (Å²) >= 11 is 1.31. The van der Waals surface area contributed by atoms with Gasteiger partial charge >= 0.3 is 0 Å². The van der Waals surface area contributed by atoms with Crippen LogP contribution in [0.5, 0.6) is 0 Å². The Morgan fingerprint density at radius 2 is 2.05 bits per heavy atom. The molecule has 0 saturated heterocycles. The van der Waals surface area contributed by atoms with E-state index in [2.05, 4.69) is 0 Å². The van der Waals surface area contributed by atoms with Crippen molar-refractivity contribution in [3.05, 3.63) is 29.1 Å². The van der Waals surface area contributed by atoms with E-state index in [0.717, 1.165) is 4.70 Å². The highest BCUT2D eigenvalue weighted by atomic mass is 32.2. The average Bonchev–Trinajstić information content (AvgIpc) is 2.85. The fourth-order valence-corrected chi connectivity index (χ4v) is 5.28. The van der Waals surface area contributed by atoms with Gasteiger partial charge in [0.25, 0.3) is 0 Å². The zero-order valence-corrected chi connectivity index (χ0v) is 13.9. The zero-order chi connectivity index (χ0) is 15.6. The maximum absolute atomic E-state index is 12.9. The SMILES string of the molecule is COCC(C)N(C)S(=O)(=O)c1c(CO)sc2ccccc12. The molecule has 1 heterocycles. The standard InChI is InChI=1S/C14H19NO4S2/c1-10(9-19-3)15(2)21(17,18)14-11-6-4-5-7-12(11)20-13(14)8-16/h4-7,10,16H,8-9H2,1-3H3. The fourth-order valence-electron chi connectivity index (χ4n) is 2.19. The van der Waals surface area contributed by atoms with Crippen molar-refractivity contribution in [1.82, 2.24) is 4.31 Å². The van der Waals surface area contributed by atoms with Crippen LogP contribution in [0.3, 0.4) is 0 Å². The van der Waals surface area contributed by atoms with Gasteiger partial charge in [-0.1, -0.05) is 18.2 Å². The number of nitrogens with zero attached hydrogens (tertiary/aromatic N) is 1. The second-order valence-electron chi connectivity index (χ2n) is 4.83. The number of rotatable bonds is 6. The normalized spacial score (nSPS) is 14.0. The number of ether oxygens (including phenoxy) is 1. The van der Waals surface area contributed by atoms with Gasteiger partial charge in [0.1, 0.15) is 4.90 Å². The Labute approximate surface area is 128 Å². The molecule has 0 aliphatic carbocycles. The van der Waals surface area contributed by atoms with Crippen LogP contribution in [-0.4, -0.2) is 44.6 Å². The third-order valence-corrected chi connectivity index (χ3v) is 6.81. The summed E-state index contributed by atoms with van der Waals surface area (Å²) in [4.78, 5) is 0.670. The quantitative estimate of drug-likeness (QED) is 0.881. The molecule has 1 N–H and O–H groups in total. The Bertz CT molecular complexity index is 724. The Hall–Kier alpha value is -0.990. The van der Waals surface area contributed by atoms with Crippen LogP contribution >= 0.6 is 11.3 Å². The second kappa shape index (κ2) is 6.41. The molecule has 2 rings (SSSR count). The van der Waals surface area contributed by atoms with Gasteiger partial charge in [-0.25, -0.2) is 8.42 Å².